The van der Waals surface area contributed by atoms with Gasteiger partial charge in [0.1, 0.15) is 17.1 Å². The molecule has 0 fully saturated rings. The number of rotatable bonds is 6. The first-order valence-corrected chi connectivity index (χ1v) is 10.1. The second-order valence-electron chi connectivity index (χ2n) is 7.40. The Bertz CT molecular complexity index is 1410. The molecule has 0 saturated heterocycles. The van der Waals surface area contributed by atoms with Crippen molar-refractivity contribution >= 4 is 17.5 Å². The monoisotopic (exact) mass is 490 g/mol. The predicted molar refractivity (Wildman–Crippen MR) is 116 cm³/mol. The first-order chi connectivity index (χ1) is 16.5. The van der Waals surface area contributed by atoms with Crippen LogP contribution in [0.2, 0.25) is 0 Å². The quantitative estimate of drug-likeness (QED) is 0.394. The van der Waals surface area contributed by atoms with Crippen molar-refractivity contribution in [2.45, 2.75) is 19.3 Å². The molecule has 0 aliphatic carbocycles. The summed E-state index contributed by atoms with van der Waals surface area (Å²) in [6.07, 6.45) is -1.82. The number of pyridine rings is 2. The highest BCUT2D eigenvalue weighted by Gasteiger charge is 2.31. The summed E-state index contributed by atoms with van der Waals surface area (Å²) in [6.45, 7) is 1.42. The molecular formula is C22H18F4N6O3. The van der Waals surface area contributed by atoms with Crippen molar-refractivity contribution in [3.8, 4) is 22.8 Å². The molecule has 13 heteroatoms. The Labute approximate surface area is 195 Å². The van der Waals surface area contributed by atoms with Gasteiger partial charge in [-0.2, -0.15) is 4.98 Å². The molecule has 9 nitrogen and oxygen atoms in total. The van der Waals surface area contributed by atoms with Crippen LogP contribution >= 0.6 is 0 Å². The van der Waals surface area contributed by atoms with E-state index in [4.69, 9.17) is 10.5 Å². The molecule has 0 bridgehead atoms. The van der Waals surface area contributed by atoms with Gasteiger partial charge in [0.05, 0.1) is 13.2 Å². The highest BCUT2D eigenvalue weighted by atomic mass is 19.4. The summed E-state index contributed by atoms with van der Waals surface area (Å²) in [6, 6.07) is 6.46. The Morgan fingerprint density at radius 3 is 2.66 bits per heavy atom. The molecule has 3 N–H and O–H groups in total. The SMILES string of the molecule is COc1ncc(-c2ccn3nc(N)nc3c2)cc1C(=O)NC(C)c1cc(OC(F)(F)F)ccc1F. The molecule has 182 valence electrons. The van der Waals surface area contributed by atoms with Crippen molar-refractivity contribution < 1.29 is 31.8 Å². The van der Waals surface area contributed by atoms with E-state index >= 15 is 0 Å². The van der Waals surface area contributed by atoms with Gasteiger partial charge >= 0.3 is 6.36 Å². The van der Waals surface area contributed by atoms with Gasteiger partial charge in [0.2, 0.25) is 11.8 Å². The molecule has 1 atom stereocenters. The number of carbonyl (C=O) groups is 1. The number of hydrogen-bond donors (Lipinski definition) is 2. The fourth-order valence-corrected chi connectivity index (χ4v) is 3.42. The zero-order chi connectivity index (χ0) is 25.3. The van der Waals surface area contributed by atoms with Gasteiger partial charge < -0.3 is 20.5 Å². The molecule has 35 heavy (non-hydrogen) atoms. The van der Waals surface area contributed by atoms with Crippen LogP contribution in [0.5, 0.6) is 11.6 Å². The van der Waals surface area contributed by atoms with Gasteiger partial charge in [0, 0.05) is 23.5 Å². The topological polar surface area (TPSA) is 117 Å². The average molecular weight is 490 g/mol. The van der Waals surface area contributed by atoms with Crippen LogP contribution in [0.3, 0.4) is 0 Å². The summed E-state index contributed by atoms with van der Waals surface area (Å²) in [7, 11) is 1.32. The minimum absolute atomic E-state index is 0.000813. The zero-order valence-electron chi connectivity index (χ0n) is 18.3. The fraction of sp³-hybridized carbons (Fsp3) is 0.182. The zero-order valence-corrected chi connectivity index (χ0v) is 18.3. The Balaban J connectivity index is 1.62. The summed E-state index contributed by atoms with van der Waals surface area (Å²) in [5.41, 5.74) is 7.12. The number of carbonyl (C=O) groups excluding carboxylic acids is 1. The highest BCUT2D eigenvalue weighted by Crippen LogP contribution is 2.29. The molecule has 0 aliphatic rings. The van der Waals surface area contributed by atoms with E-state index in [-0.39, 0.29) is 23.0 Å². The van der Waals surface area contributed by atoms with Crippen LogP contribution in [-0.4, -0.2) is 39.0 Å². The summed E-state index contributed by atoms with van der Waals surface area (Å²) in [4.78, 5) is 21.3. The number of nitrogens with two attached hydrogens (primary N) is 1. The molecule has 0 aliphatic heterocycles. The molecule has 1 unspecified atom stereocenters. The maximum atomic E-state index is 14.3. The third kappa shape index (κ3) is 5.23. The lowest BCUT2D eigenvalue weighted by molar-refractivity contribution is -0.274. The van der Waals surface area contributed by atoms with Crippen molar-refractivity contribution in [2.75, 3.05) is 12.8 Å². The van der Waals surface area contributed by atoms with E-state index in [9.17, 15) is 22.4 Å². The van der Waals surface area contributed by atoms with Gasteiger partial charge in [0.15, 0.2) is 5.65 Å². The lowest BCUT2D eigenvalue weighted by atomic mass is 10.0. The highest BCUT2D eigenvalue weighted by molar-refractivity contribution is 5.97. The number of aromatic nitrogens is 4. The molecule has 0 radical (unpaired) electrons. The summed E-state index contributed by atoms with van der Waals surface area (Å²) >= 11 is 0. The van der Waals surface area contributed by atoms with Crippen molar-refractivity contribution in [3.63, 3.8) is 0 Å². The fourth-order valence-electron chi connectivity index (χ4n) is 3.42. The van der Waals surface area contributed by atoms with E-state index in [0.717, 1.165) is 18.2 Å². The summed E-state index contributed by atoms with van der Waals surface area (Å²) in [5.74, 6) is -2.01. The van der Waals surface area contributed by atoms with Crippen LogP contribution < -0.4 is 20.5 Å². The number of anilines is 1. The number of alkyl halides is 3. The molecule has 0 spiro atoms. The number of halogens is 4. The van der Waals surface area contributed by atoms with Crippen LogP contribution in [-0.2, 0) is 0 Å². The van der Waals surface area contributed by atoms with Crippen LogP contribution in [0.15, 0.2) is 48.8 Å². The lowest BCUT2D eigenvalue weighted by Gasteiger charge is -2.18. The predicted octanol–water partition coefficient (Wildman–Crippen LogP) is 3.91. The summed E-state index contributed by atoms with van der Waals surface area (Å²) in [5, 5.41) is 6.55. The van der Waals surface area contributed by atoms with Crippen LogP contribution in [0.1, 0.15) is 28.9 Å². The number of benzene rings is 1. The largest absolute Gasteiger partial charge is 0.573 e. The van der Waals surface area contributed by atoms with Crippen molar-refractivity contribution in [1.29, 1.82) is 0 Å². The number of fused-ring (bicyclic) bond motifs is 1. The normalized spacial score (nSPS) is 12.4. The van der Waals surface area contributed by atoms with E-state index < -0.39 is 29.9 Å². The third-order valence-corrected chi connectivity index (χ3v) is 4.99. The minimum Gasteiger partial charge on any atom is -0.480 e. The number of methoxy groups -OCH3 is 1. The second-order valence-corrected chi connectivity index (χ2v) is 7.40. The number of ether oxygens (including phenoxy) is 2. The standard InChI is InChI=1S/C22H18F4N6O3/c1-11(15-9-14(3-4-17(15)23)35-22(24,25)26)29-19(33)16-7-13(10-28-20(16)34-2)12-5-6-32-18(8-12)30-21(27)31-32/h3-11H,1-2H3,(H2,27,31)(H,29,33). The van der Waals surface area contributed by atoms with Gasteiger partial charge in [-0.05, 0) is 48.9 Å². The smallest absolute Gasteiger partial charge is 0.480 e. The van der Waals surface area contributed by atoms with Crippen molar-refractivity contribution in [1.82, 2.24) is 24.9 Å². The molecule has 3 aromatic heterocycles. The van der Waals surface area contributed by atoms with Gasteiger partial charge in [-0.3, -0.25) is 4.79 Å². The van der Waals surface area contributed by atoms with E-state index in [1.165, 1.54) is 30.8 Å². The molecular weight excluding hydrogens is 472 g/mol. The minimum atomic E-state index is -4.94. The van der Waals surface area contributed by atoms with Crippen LogP contribution in [0, 0.1) is 5.82 Å². The number of nitrogens with zero attached hydrogens (tertiary/aromatic N) is 4. The third-order valence-electron chi connectivity index (χ3n) is 4.99. The number of nitrogens with one attached hydrogen (secondary N) is 1. The van der Waals surface area contributed by atoms with Gasteiger partial charge in [-0.25, -0.2) is 13.9 Å². The number of amides is 1. The Kier molecular flexibility index (Phi) is 6.16. The molecule has 0 saturated carbocycles. The van der Waals surface area contributed by atoms with E-state index in [1.807, 2.05) is 0 Å². The van der Waals surface area contributed by atoms with E-state index in [0.29, 0.717) is 16.8 Å². The molecule has 3 heterocycles. The van der Waals surface area contributed by atoms with Crippen molar-refractivity contribution in [2.24, 2.45) is 0 Å². The second kappa shape index (κ2) is 9.08. The van der Waals surface area contributed by atoms with Gasteiger partial charge in [0.25, 0.3) is 5.91 Å². The number of hydrogen-bond acceptors (Lipinski definition) is 7. The van der Waals surface area contributed by atoms with Gasteiger partial charge in [-0.1, -0.05) is 0 Å². The maximum Gasteiger partial charge on any atom is 0.573 e. The summed E-state index contributed by atoms with van der Waals surface area (Å²) < 4.78 is 62.4. The first-order valence-electron chi connectivity index (χ1n) is 10.1. The first kappa shape index (κ1) is 23.7. The maximum absolute atomic E-state index is 14.3. The number of nitrogen functional groups attached to an aromatic ring is 1. The molecule has 1 amide bonds. The lowest BCUT2D eigenvalue weighted by Crippen LogP contribution is -2.28. The molecule has 4 aromatic rings. The van der Waals surface area contributed by atoms with E-state index in [2.05, 4.69) is 25.1 Å². The van der Waals surface area contributed by atoms with E-state index in [1.54, 1.807) is 18.3 Å². The van der Waals surface area contributed by atoms with Crippen LogP contribution in [0.4, 0.5) is 23.5 Å². The Morgan fingerprint density at radius 1 is 1.17 bits per heavy atom. The van der Waals surface area contributed by atoms with Crippen molar-refractivity contribution in [3.05, 3.63) is 65.7 Å². The Hall–Kier alpha value is -4.42. The van der Waals surface area contributed by atoms with Gasteiger partial charge in [-0.15, -0.1) is 18.3 Å². The molecule has 4 rings (SSSR count). The average Bonchev–Trinajstić information content (AvgIpc) is 3.18. The van der Waals surface area contributed by atoms with Crippen LogP contribution in [0.25, 0.3) is 16.8 Å². The molecule has 1 aromatic carbocycles. The Morgan fingerprint density at radius 2 is 1.94 bits per heavy atom.